The summed E-state index contributed by atoms with van der Waals surface area (Å²) in [5.74, 6) is -0.365. The first-order chi connectivity index (χ1) is 9.93. The second kappa shape index (κ2) is 4.95. The second-order valence-electron chi connectivity index (χ2n) is 4.89. The summed E-state index contributed by atoms with van der Waals surface area (Å²) in [5, 5.41) is 6.26. The van der Waals surface area contributed by atoms with Gasteiger partial charge in [-0.15, -0.1) is 0 Å². The zero-order chi connectivity index (χ0) is 15.0. The van der Waals surface area contributed by atoms with Gasteiger partial charge < -0.3 is 10.6 Å². The third-order valence-corrected chi connectivity index (χ3v) is 3.45. The molecule has 0 radical (unpaired) electrons. The third-order valence-electron chi connectivity index (χ3n) is 3.45. The number of hydrogen-bond donors (Lipinski definition) is 2. The van der Waals surface area contributed by atoms with Gasteiger partial charge in [-0.1, -0.05) is 12.1 Å². The summed E-state index contributed by atoms with van der Waals surface area (Å²) in [5.41, 5.74) is 1.41. The Morgan fingerprint density at radius 3 is 2.33 bits per heavy atom. The molecule has 0 saturated carbocycles. The Morgan fingerprint density at radius 1 is 0.952 bits per heavy atom. The molecule has 1 heterocycles. The fourth-order valence-electron chi connectivity index (χ4n) is 2.35. The van der Waals surface area contributed by atoms with E-state index in [1.54, 1.807) is 6.07 Å². The molecule has 0 fully saturated rings. The smallest absolute Gasteiger partial charge is 0.381 e. The molecular formula is C15H12F4N2. The van der Waals surface area contributed by atoms with Crippen molar-refractivity contribution in [2.75, 3.05) is 17.2 Å². The van der Waals surface area contributed by atoms with Crippen molar-refractivity contribution in [1.82, 2.24) is 0 Å². The lowest BCUT2D eigenvalue weighted by Crippen LogP contribution is -2.26. The maximum atomic E-state index is 13.2. The lowest BCUT2D eigenvalue weighted by Gasteiger charge is -2.29. The highest BCUT2D eigenvalue weighted by molar-refractivity contribution is 5.71. The number of benzene rings is 2. The predicted octanol–water partition coefficient (Wildman–Crippen LogP) is 4.42. The van der Waals surface area contributed by atoms with Gasteiger partial charge in [-0.25, -0.2) is 4.39 Å². The van der Waals surface area contributed by atoms with Crippen molar-refractivity contribution in [3.8, 4) is 0 Å². The number of anilines is 2. The number of nitrogens with one attached hydrogen (secondary N) is 2. The molecule has 1 aliphatic rings. The van der Waals surface area contributed by atoms with Gasteiger partial charge in [-0.2, -0.15) is 13.2 Å². The minimum Gasteiger partial charge on any atom is -0.381 e. The van der Waals surface area contributed by atoms with Crippen LogP contribution in [0.2, 0.25) is 0 Å². The molecule has 0 spiro atoms. The first-order valence-electron chi connectivity index (χ1n) is 6.40. The summed E-state index contributed by atoms with van der Waals surface area (Å²) in [6, 6.07) is 9.11. The Bertz CT molecular complexity index is 650. The summed E-state index contributed by atoms with van der Waals surface area (Å²) in [6.07, 6.45) is -4.34. The number of hydrogen-bond acceptors (Lipinski definition) is 2. The summed E-state index contributed by atoms with van der Waals surface area (Å²) in [7, 11) is 0. The van der Waals surface area contributed by atoms with Gasteiger partial charge in [0.05, 0.1) is 23.0 Å². The van der Waals surface area contributed by atoms with Gasteiger partial charge in [-0.3, -0.25) is 0 Å². The topological polar surface area (TPSA) is 24.1 Å². The van der Waals surface area contributed by atoms with Gasteiger partial charge in [-0.05, 0) is 35.9 Å². The van der Waals surface area contributed by atoms with E-state index >= 15 is 0 Å². The van der Waals surface area contributed by atoms with Gasteiger partial charge in [0.2, 0.25) is 0 Å². The Balaban J connectivity index is 1.83. The van der Waals surface area contributed by atoms with Gasteiger partial charge in [0.25, 0.3) is 0 Å². The van der Waals surface area contributed by atoms with Crippen LogP contribution in [0.1, 0.15) is 17.2 Å². The molecule has 2 N–H and O–H groups in total. The average Bonchev–Trinajstić information content (AvgIpc) is 2.45. The number of alkyl halides is 3. The first kappa shape index (κ1) is 13.7. The van der Waals surface area contributed by atoms with E-state index in [0.717, 1.165) is 17.8 Å². The van der Waals surface area contributed by atoms with Crippen molar-refractivity contribution in [2.45, 2.75) is 12.2 Å². The zero-order valence-electron chi connectivity index (χ0n) is 10.8. The van der Waals surface area contributed by atoms with Crippen molar-refractivity contribution < 1.29 is 17.6 Å². The van der Waals surface area contributed by atoms with Gasteiger partial charge in [0.1, 0.15) is 5.82 Å². The third kappa shape index (κ3) is 2.79. The largest absolute Gasteiger partial charge is 0.416 e. The van der Waals surface area contributed by atoms with Crippen LogP contribution in [-0.2, 0) is 6.18 Å². The Labute approximate surface area is 118 Å². The van der Waals surface area contributed by atoms with Crippen molar-refractivity contribution in [2.24, 2.45) is 0 Å². The zero-order valence-corrected chi connectivity index (χ0v) is 10.8. The molecule has 0 aliphatic carbocycles. The SMILES string of the molecule is Fc1ccc2c(c1)NC(c1ccc(C(F)(F)F)cc1)CN2. The highest BCUT2D eigenvalue weighted by atomic mass is 19.4. The van der Waals surface area contributed by atoms with Gasteiger partial charge >= 0.3 is 6.18 Å². The molecule has 0 aromatic heterocycles. The van der Waals surface area contributed by atoms with E-state index < -0.39 is 11.7 Å². The normalized spacial score (nSPS) is 17.6. The van der Waals surface area contributed by atoms with Crippen LogP contribution in [0.3, 0.4) is 0 Å². The van der Waals surface area contributed by atoms with E-state index in [4.69, 9.17) is 0 Å². The fraction of sp³-hybridized carbons (Fsp3) is 0.200. The molecule has 3 rings (SSSR count). The van der Waals surface area contributed by atoms with E-state index in [1.807, 2.05) is 0 Å². The van der Waals surface area contributed by atoms with Crippen LogP contribution in [0.25, 0.3) is 0 Å². The number of rotatable bonds is 1. The quantitative estimate of drug-likeness (QED) is 0.761. The highest BCUT2D eigenvalue weighted by Crippen LogP contribution is 2.34. The molecule has 21 heavy (non-hydrogen) atoms. The van der Waals surface area contributed by atoms with Gasteiger partial charge in [0, 0.05) is 6.54 Å². The van der Waals surface area contributed by atoms with E-state index in [2.05, 4.69) is 10.6 Å². The molecule has 2 aromatic rings. The molecular weight excluding hydrogens is 284 g/mol. The summed E-state index contributed by atoms with van der Waals surface area (Å²) in [6.45, 7) is 0.518. The summed E-state index contributed by atoms with van der Waals surface area (Å²) >= 11 is 0. The molecule has 6 heteroatoms. The van der Waals surface area contributed by atoms with E-state index in [1.165, 1.54) is 24.3 Å². The Kier molecular flexibility index (Phi) is 3.23. The minimum absolute atomic E-state index is 0.207. The molecule has 1 atom stereocenters. The van der Waals surface area contributed by atoms with Crippen LogP contribution in [0, 0.1) is 5.82 Å². The standard InChI is InChI=1S/C15H12F4N2/c16-11-5-6-12-13(7-11)21-14(8-20-12)9-1-3-10(4-2-9)15(17,18)19/h1-7,14,20-21H,8H2. The lowest BCUT2D eigenvalue weighted by molar-refractivity contribution is -0.137. The maximum Gasteiger partial charge on any atom is 0.416 e. The van der Waals surface area contributed by atoms with Crippen molar-refractivity contribution in [3.05, 3.63) is 59.4 Å². The monoisotopic (exact) mass is 296 g/mol. The van der Waals surface area contributed by atoms with Crippen molar-refractivity contribution in [3.63, 3.8) is 0 Å². The van der Waals surface area contributed by atoms with Crippen molar-refractivity contribution >= 4 is 11.4 Å². The molecule has 110 valence electrons. The molecule has 1 aliphatic heterocycles. The average molecular weight is 296 g/mol. The molecule has 2 nitrogen and oxygen atoms in total. The summed E-state index contributed by atoms with van der Waals surface area (Å²) < 4.78 is 50.8. The number of fused-ring (bicyclic) bond motifs is 1. The highest BCUT2D eigenvalue weighted by Gasteiger charge is 2.30. The first-order valence-corrected chi connectivity index (χ1v) is 6.40. The number of halogens is 4. The van der Waals surface area contributed by atoms with E-state index in [0.29, 0.717) is 17.8 Å². The predicted molar refractivity (Wildman–Crippen MR) is 72.7 cm³/mol. The van der Waals surface area contributed by atoms with Crippen LogP contribution in [0.4, 0.5) is 28.9 Å². The maximum absolute atomic E-state index is 13.2. The molecule has 0 amide bonds. The van der Waals surface area contributed by atoms with Crippen LogP contribution >= 0.6 is 0 Å². The van der Waals surface area contributed by atoms with Crippen LogP contribution in [-0.4, -0.2) is 6.54 Å². The Morgan fingerprint density at radius 2 is 1.67 bits per heavy atom. The molecule has 1 unspecified atom stereocenters. The van der Waals surface area contributed by atoms with Crippen LogP contribution in [0.15, 0.2) is 42.5 Å². The molecule has 2 aromatic carbocycles. The van der Waals surface area contributed by atoms with E-state index in [-0.39, 0.29) is 11.9 Å². The summed E-state index contributed by atoms with van der Waals surface area (Å²) in [4.78, 5) is 0. The minimum atomic E-state index is -4.34. The Hall–Kier alpha value is -2.24. The van der Waals surface area contributed by atoms with Crippen molar-refractivity contribution in [1.29, 1.82) is 0 Å². The van der Waals surface area contributed by atoms with Gasteiger partial charge in [0.15, 0.2) is 0 Å². The van der Waals surface area contributed by atoms with E-state index in [9.17, 15) is 17.6 Å². The fourth-order valence-corrected chi connectivity index (χ4v) is 2.35. The van der Waals surface area contributed by atoms with Crippen LogP contribution < -0.4 is 10.6 Å². The van der Waals surface area contributed by atoms with Crippen LogP contribution in [0.5, 0.6) is 0 Å². The molecule has 0 bridgehead atoms. The molecule has 0 saturated heterocycles. The lowest BCUT2D eigenvalue weighted by atomic mass is 10.0. The second-order valence-corrected chi connectivity index (χ2v) is 4.89.